The molecule has 0 saturated heterocycles. The molecule has 0 spiro atoms. The monoisotopic (exact) mass is 362 g/mol. The first-order valence-corrected chi connectivity index (χ1v) is 9.22. The molecular weight excluding hydrogens is 340 g/mol. The van der Waals surface area contributed by atoms with Crippen LogP contribution in [0.4, 0.5) is 0 Å². The number of aromatic nitrogens is 3. The van der Waals surface area contributed by atoms with Crippen LogP contribution in [0.5, 0.6) is 5.75 Å². The molecular formula is C21H22N4O2. The van der Waals surface area contributed by atoms with Crippen LogP contribution in [0.2, 0.25) is 0 Å². The minimum absolute atomic E-state index is 0.109. The molecule has 6 nitrogen and oxygen atoms in total. The molecule has 0 bridgehead atoms. The zero-order chi connectivity index (χ0) is 18.5. The number of para-hydroxylation sites is 1. The Hall–Kier alpha value is -3.15. The van der Waals surface area contributed by atoms with E-state index < -0.39 is 6.10 Å². The second-order valence-electron chi connectivity index (χ2n) is 6.65. The first-order chi connectivity index (χ1) is 13.3. The first kappa shape index (κ1) is 17.3. The number of fused-ring (bicyclic) bond motifs is 1. The van der Waals surface area contributed by atoms with Crippen LogP contribution in [0.25, 0.3) is 0 Å². The van der Waals surface area contributed by atoms with Crippen molar-refractivity contribution in [2.24, 2.45) is 0 Å². The lowest BCUT2D eigenvalue weighted by molar-refractivity contribution is -0.128. The van der Waals surface area contributed by atoms with Crippen LogP contribution in [0, 0.1) is 0 Å². The van der Waals surface area contributed by atoms with Gasteiger partial charge in [-0.25, -0.2) is 0 Å². The van der Waals surface area contributed by atoms with Gasteiger partial charge in [-0.1, -0.05) is 48.5 Å². The molecule has 1 N–H and O–H groups in total. The van der Waals surface area contributed by atoms with Crippen molar-refractivity contribution in [3.8, 4) is 5.75 Å². The number of carbonyl (C=O) groups excluding carboxylic acids is 1. The number of nitrogens with one attached hydrogen (secondary N) is 1. The lowest BCUT2D eigenvalue weighted by Crippen LogP contribution is -2.40. The highest BCUT2D eigenvalue weighted by Crippen LogP contribution is 2.27. The predicted molar refractivity (Wildman–Crippen MR) is 101 cm³/mol. The highest BCUT2D eigenvalue weighted by atomic mass is 16.5. The van der Waals surface area contributed by atoms with Gasteiger partial charge in [-0.2, -0.15) is 0 Å². The fourth-order valence-electron chi connectivity index (χ4n) is 3.29. The molecule has 6 heteroatoms. The largest absolute Gasteiger partial charge is 0.480 e. The number of hydrogen-bond acceptors (Lipinski definition) is 4. The SMILES string of the molecule is O=C(NCc1nncn1CCc1ccccc1)[C@H]1CCc2ccccc2O1. The number of rotatable bonds is 6. The standard InChI is InChI=1S/C21H22N4O2/c26-21(19-11-10-17-8-4-5-9-18(17)27-19)22-14-20-24-23-15-25(20)13-12-16-6-2-1-3-7-16/h1-9,15,19H,10-14H2,(H,22,26)/t19-/m1/s1. The molecule has 1 aliphatic heterocycles. The minimum atomic E-state index is -0.458. The summed E-state index contributed by atoms with van der Waals surface area (Å²) in [6, 6.07) is 18.1. The predicted octanol–water partition coefficient (Wildman–Crippen LogP) is 2.53. The van der Waals surface area contributed by atoms with Gasteiger partial charge >= 0.3 is 0 Å². The van der Waals surface area contributed by atoms with E-state index in [4.69, 9.17) is 4.74 Å². The Morgan fingerprint density at radius 3 is 2.85 bits per heavy atom. The normalized spacial score (nSPS) is 15.6. The maximum atomic E-state index is 12.5. The van der Waals surface area contributed by atoms with E-state index in [9.17, 15) is 4.79 Å². The number of hydrogen-bond donors (Lipinski definition) is 1. The molecule has 0 unspecified atom stereocenters. The third-order valence-electron chi connectivity index (χ3n) is 4.81. The van der Waals surface area contributed by atoms with E-state index in [1.165, 1.54) is 5.56 Å². The molecule has 0 saturated carbocycles. The molecule has 0 aliphatic carbocycles. The Bertz CT molecular complexity index is 907. The van der Waals surface area contributed by atoms with Crippen molar-refractivity contribution >= 4 is 5.91 Å². The zero-order valence-corrected chi connectivity index (χ0v) is 15.0. The molecule has 0 radical (unpaired) electrons. The van der Waals surface area contributed by atoms with Crippen LogP contribution in [0.15, 0.2) is 60.9 Å². The van der Waals surface area contributed by atoms with Crippen LogP contribution in [0.1, 0.15) is 23.4 Å². The fourth-order valence-corrected chi connectivity index (χ4v) is 3.29. The molecule has 2 heterocycles. The molecule has 27 heavy (non-hydrogen) atoms. The van der Waals surface area contributed by atoms with Crippen LogP contribution < -0.4 is 10.1 Å². The van der Waals surface area contributed by atoms with Gasteiger partial charge in [-0.15, -0.1) is 10.2 Å². The number of aryl methyl sites for hydroxylation is 3. The van der Waals surface area contributed by atoms with Crippen LogP contribution in [-0.2, 0) is 30.7 Å². The third-order valence-corrected chi connectivity index (χ3v) is 4.81. The smallest absolute Gasteiger partial charge is 0.261 e. The van der Waals surface area contributed by atoms with E-state index in [-0.39, 0.29) is 5.91 Å². The number of nitrogens with zero attached hydrogens (tertiary/aromatic N) is 3. The second kappa shape index (κ2) is 8.03. The molecule has 2 aromatic carbocycles. The van der Waals surface area contributed by atoms with E-state index in [1.807, 2.05) is 47.0 Å². The van der Waals surface area contributed by atoms with E-state index in [2.05, 4.69) is 27.6 Å². The van der Waals surface area contributed by atoms with E-state index in [0.717, 1.165) is 36.5 Å². The van der Waals surface area contributed by atoms with Gasteiger partial charge in [0.15, 0.2) is 11.9 Å². The molecule has 4 rings (SSSR count). The Labute approximate surface area is 158 Å². The topological polar surface area (TPSA) is 69.0 Å². The summed E-state index contributed by atoms with van der Waals surface area (Å²) in [5, 5.41) is 11.1. The summed E-state index contributed by atoms with van der Waals surface area (Å²) in [6.07, 6.45) is 3.67. The molecule has 138 valence electrons. The van der Waals surface area contributed by atoms with Gasteiger partial charge in [0.25, 0.3) is 5.91 Å². The average molecular weight is 362 g/mol. The Kier molecular flexibility index (Phi) is 5.14. The highest BCUT2D eigenvalue weighted by Gasteiger charge is 2.25. The van der Waals surface area contributed by atoms with Crippen molar-refractivity contribution in [1.82, 2.24) is 20.1 Å². The average Bonchev–Trinajstić information content (AvgIpc) is 3.18. The van der Waals surface area contributed by atoms with Crippen molar-refractivity contribution in [2.75, 3.05) is 0 Å². The number of amides is 1. The van der Waals surface area contributed by atoms with Crippen molar-refractivity contribution < 1.29 is 9.53 Å². The summed E-state index contributed by atoms with van der Waals surface area (Å²) in [5.41, 5.74) is 2.41. The van der Waals surface area contributed by atoms with E-state index in [0.29, 0.717) is 13.0 Å². The number of ether oxygens (including phenoxy) is 1. The van der Waals surface area contributed by atoms with Gasteiger partial charge in [0.1, 0.15) is 12.1 Å². The van der Waals surface area contributed by atoms with Gasteiger partial charge in [0, 0.05) is 6.54 Å². The molecule has 1 atom stereocenters. The molecule has 0 fully saturated rings. The fraction of sp³-hybridized carbons (Fsp3) is 0.286. The van der Waals surface area contributed by atoms with Gasteiger partial charge < -0.3 is 14.6 Å². The van der Waals surface area contributed by atoms with Crippen LogP contribution in [0.3, 0.4) is 0 Å². The Morgan fingerprint density at radius 1 is 1.15 bits per heavy atom. The number of benzene rings is 2. The zero-order valence-electron chi connectivity index (χ0n) is 15.0. The second-order valence-corrected chi connectivity index (χ2v) is 6.65. The summed E-state index contributed by atoms with van der Waals surface area (Å²) in [4.78, 5) is 12.5. The molecule has 1 aliphatic rings. The van der Waals surface area contributed by atoms with Crippen LogP contribution in [-0.4, -0.2) is 26.8 Å². The maximum absolute atomic E-state index is 12.5. The van der Waals surface area contributed by atoms with Gasteiger partial charge in [-0.05, 0) is 36.5 Å². The van der Waals surface area contributed by atoms with Crippen molar-refractivity contribution in [1.29, 1.82) is 0 Å². The lowest BCUT2D eigenvalue weighted by Gasteiger charge is -2.25. The molecule has 1 aromatic heterocycles. The molecule has 3 aromatic rings. The van der Waals surface area contributed by atoms with Gasteiger partial charge in [0.05, 0.1) is 6.54 Å². The third kappa shape index (κ3) is 4.16. The lowest BCUT2D eigenvalue weighted by atomic mass is 10.0. The van der Waals surface area contributed by atoms with Crippen molar-refractivity contribution in [3.63, 3.8) is 0 Å². The Morgan fingerprint density at radius 2 is 1.96 bits per heavy atom. The molecule has 1 amide bonds. The highest BCUT2D eigenvalue weighted by molar-refractivity contribution is 5.81. The Balaban J connectivity index is 1.32. The van der Waals surface area contributed by atoms with Crippen LogP contribution >= 0.6 is 0 Å². The summed E-state index contributed by atoms with van der Waals surface area (Å²) < 4.78 is 7.82. The van der Waals surface area contributed by atoms with Gasteiger partial charge in [0.2, 0.25) is 0 Å². The maximum Gasteiger partial charge on any atom is 0.261 e. The van der Waals surface area contributed by atoms with E-state index in [1.54, 1.807) is 6.33 Å². The summed E-state index contributed by atoms with van der Waals surface area (Å²) in [5.74, 6) is 1.44. The summed E-state index contributed by atoms with van der Waals surface area (Å²) in [7, 11) is 0. The first-order valence-electron chi connectivity index (χ1n) is 9.22. The summed E-state index contributed by atoms with van der Waals surface area (Å²) >= 11 is 0. The minimum Gasteiger partial charge on any atom is -0.480 e. The van der Waals surface area contributed by atoms with E-state index >= 15 is 0 Å². The van der Waals surface area contributed by atoms with Crippen molar-refractivity contribution in [3.05, 3.63) is 77.9 Å². The van der Waals surface area contributed by atoms with Gasteiger partial charge in [-0.3, -0.25) is 4.79 Å². The quantitative estimate of drug-likeness (QED) is 0.732. The van der Waals surface area contributed by atoms with Crippen molar-refractivity contribution in [2.45, 2.75) is 38.5 Å². The number of carbonyl (C=O) groups is 1. The summed E-state index contributed by atoms with van der Waals surface area (Å²) in [6.45, 7) is 1.12.